The molecule has 0 bridgehead atoms. The van der Waals surface area contributed by atoms with E-state index in [1.807, 2.05) is 18.2 Å². The van der Waals surface area contributed by atoms with Crippen molar-refractivity contribution in [1.29, 1.82) is 0 Å². The van der Waals surface area contributed by atoms with Gasteiger partial charge in [-0.2, -0.15) is 0 Å². The monoisotopic (exact) mass is 471 g/mol. The molecule has 6 rings (SSSR count). The Morgan fingerprint density at radius 3 is 2.57 bits per heavy atom. The Labute approximate surface area is 206 Å². The molecule has 0 aromatic heterocycles. The second-order valence-electron chi connectivity index (χ2n) is 10.5. The maximum Gasteiger partial charge on any atom is 0.255 e. The van der Waals surface area contributed by atoms with Crippen LogP contribution in [0.4, 0.5) is 0 Å². The molecule has 2 amide bonds. The number of likely N-dealkylation sites (tertiary alicyclic amines) is 1. The Morgan fingerprint density at radius 2 is 1.77 bits per heavy atom. The van der Waals surface area contributed by atoms with E-state index in [-0.39, 0.29) is 17.9 Å². The van der Waals surface area contributed by atoms with Gasteiger partial charge in [-0.1, -0.05) is 43.3 Å². The minimum absolute atomic E-state index is 0.0673. The predicted molar refractivity (Wildman–Crippen MR) is 134 cm³/mol. The molecule has 182 valence electrons. The van der Waals surface area contributed by atoms with E-state index in [0.717, 1.165) is 36.5 Å². The van der Waals surface area contributed by atoms with Gasteiger partial charge >= 0.3 is 0 Å². The average molecular weight is 472 g/mol. The number of ether oxygens (including phenoxy) is 1. The lowest BCUT2D eigenvalue weighted by Crippen LogP contribution is -2.57. The van der Waals surface area contributed by atoms with Gasteiger partial charge in [-0.25, -0.2) is 0 Å². The number of hydrogen-bond donors (Lipinski definition) is 1. The number of rotatable bonds is 5. The third kappa shape index (κ3) is 4.25. The summed E-state index contributed by atoms with van der Waals surface area (Å²) < 4.78 is 6.58. The van der Waals surface area contributed by atoms with Crippen molar-refractivity contribution >= 4 is 11.8 Å². The molecule has 3 fully saturated rings. The van der Waals surface area contributed by atoms with Crippen molar-refractivity contribution in [1.82, 2.24) is 15.1 Å². The molecule has 0 radical (unpaired) electrons. The highest BCUT2D eigenvalue weighted by molar-refractivity contribution is 6.01. The zero-order chi connectivity index (χ0) is 23.9. The molecule has 3 heterocycles. The van der Waals surface area contributed by atoms with Crippen molar-refractivity contribution in [3.8, 4) is 5.75 Å². The number of nitrogens with one attached hydrogen (secondary N) is 1. The van der Waals surface area contributed by atoms with Crippen LogP contribution in [0.3, 0.4) is 0 Å². The van der Waals surface area contributed by atoms with Gasteiger partial charge in [-0.15, -0.1) is 0 Å². The van der Waals surface area contributed by atoms with Crippen LogP contribution in [0.15, 0.2) is 60.8 Å². The van der Waals surface area contributed by atoms with Gasteiger partial charge in [0.25, 0.3) is 5.91 Å². The van der Waals surface area contributed by atoms with Crippen LogP contribution in [0, 0.1) is 0 Å². The first-order chi connectivity index (χ1) is 17.1. The number of carbonyl (C=O) groups is 2. The summed E-state index contributed by atoms with van der Waals surface area (Å²) in [5, 5.41) is 2.80. The fourth-order valence-corrected chi connectivity index (χ4v) is 6.23. The summed E-state index contributed by atoms with van der Waals surface area (Å²) in [5.74, 6) is 1.25. The molecule has 2 aromatic carbocycles. The number of fused-ring (bicyclic) bond motifs is 1. The Kier molecular flexibility index (Phi) is 5.85. The Balaban J connectivity index is 1.12. The first-order valence-corrected chi connectivity index (χ1v) is 12.9. The van der Waals surface area contributed by atoms with E-state index in [1.54, 1.807) is 4.90 Å². The van der Waals surface area contributed by atoms with Crippen molar-refractivity contribution in [3.05, 3.63) is 77.5 Å². The van der Waals surface area contributed by atoms with Crippen LogP contribution >= 0.6 is 0 Å². The highest BCUT2D eigenvalue weighted by Crippen LogP contribution is 2.36. The van der Waals surface area contributed by atoms with E-state index >= 15 is 0 Å². The zero-order valence-electron chi connectivity index (χ0n) is 20.1. The fourth-order valence-electron chi connectivity index (χ4n) is 6.23. The lowest BCUT2D eigenvalue weighted by molar-refractivity contribution is -0.126. The van der Waals surface area contributed by atoms with Crippen molar-refractivity contribution in [2.75, 3.05) is 13.1 Å². The zero-order valence-corrected chi connectivity index (χ0v) is 20.1. The van der Waals surface area contributed by atoms with E-state index in [1.165, 1.54) is 24.8 Å². The molecule has 2 aromatic rings. The van der Waals surface area contributed by atoms with Crippen LogP contribution in [0.1, 0.15) is 65.9 Å². The van der Waals surface area contributed by atoms with Crippen molar-refractivity contribution in [2.24, 2.45) is 0 Å². The summed E-state index contributed by atoms with van der Waals surface area (Å²) >= 11 is 0. The summed E-state index contributed by atoms with van der Waals surface area (Å²) in [6.07, 6.45) is 6.17. The van der Waals surface area contributed by atoms with Crippen molar-refractivity contribution < 1.29 is 14.3 Å². The summed E-state index contributed by atoms with van der Waals surface area (Å²) in [6, 6.07) is 16.6. The van der Waals surface area contributed by atoms with Crippen LogP contribution in [0.5, 0.6) is 5.75 Å². The second kappa shape index (κ2) is 9.15. The summed E-state index contributed by atoms with van der Waals surface area (Å²) in [6.45, 7) is 6.49. The van der Waals surface area contributed by atoms with E-state index < -0.39 is 6.04 Å². The van der Waals surface area contributed by atoms with E-state index in [4.69, 9.17) is 4.74 Å². The molecule has 2 saturated heterocycles. The Bertz CT molecular complexity index is 1140. The molecule has 4 aliphatic rings. The van der Waals surface area contributed by atoms with Crippen LogP contribution in [-0.2, 0) is 11.3 Å². The molecule has 3 aliphatic heterocycles. The van der Waals surface area contributed by atoms with Crippen molar-refractivity contribution in [3.63, 3.8) is 0 Å². The molecule has 6 nitrogen and oxygen atoms in total. The maximum absolute atomic E-state index is 13.0. The normalized spacial score (nSPS) is 27.4. The van der Waals surface area contributed by atoms with Gasteiger partial charge in [0.05, 0.1) is 0 Å². The number of nitrogens with zero attached hydrogens (tertiary/aromatic N) is 2. The lowest BCUT2D eigenvalue weighted by Gasteiger charge is -2.48. The molecule has 1 N–H and O–H groups in total. The van der Waals surface area contributed by atoms with Gasteiger partial charge in [-0.05, 0) is 61.4 Å². The van der Waals surface area contributed by atoms with Crippen LogP contribution < -0.4 is 10.1 Å². The van der Waals surface area contributed by atoms with Crippen LogP contribution in [0.2, 0.25) is 0 Å². The summed E-state index contributed by atoms with van der Waals surface area (Å²) in [4.78, 5) is 29.8. The summed E-state index contributed by atoms with van der Waals surface area (Å²) in [7, 11) is 0. The topological polar surface area (TPSA) is 61.9 Å². The number of allylic oxidation sites excluding steroid dienone is 1. The molecule has 0 unspecified atom stereocenters. The lowest BCUT2D eigenvalue weighted by atomic mass is 9.84. The molecule has 0 spiro atoms. The number of amides is 2. The SMILES string of the molecule is C=C1CC[C@H](N2Cc3cc(O[C@H]4CCCC[C@@H]4N4CC(c5ccccc5)C4)ccc3C2=O)C(=O)N1. The van der Waals surface area contributed by atoms with E-state index in [0.29, 0.717) is 36.9 Å². The largest absolute Gasteiger partial charge is 0.489 e. The van der Waals surface area contributed by atoms with E-state index in [2.05, 4.69) is 47.1 Å². The third-order valence-corrected chi connectivity index (χ3v) is 8.21. The van der Waals surface area contributed by atoms with Gasteiger partial charge < -0.3 is 15.0 Å². The minimum Gasteiger partial charge on any atom is -0.489 e. The third-order valence-electron chi connectivity index (χ3n) is 8.21. The fraction of sp³-hybridized carbons (Fsp3) is 0.448. The van der Waals surface area contributed by atoms with E-state index in [9.17, 15) is 9.59 Å². The average Bonchev–Trinajstić information content (AvgIpc) is 3.15. The predicted octanol–water partition coefficient (Wildman–Crippen LogP) is 4.22. The van der Waals surface area contributed by atoms with Gasteiger partial charge in [0.15, 0.2) is 0 Å². The summed E-state index contributed by atoms with van der Waals surface area (Å²) in [5.41, 5.74) is 3.79. The first-order valence-electron chi connectivity index (χ1n) is 12.9. The highest BCUT2D eigenvalue weighted by Gasteiger charge is 2.40. The molecular weight excluding hydrogens is 438 g/mol. The smallest absolute Gasteiger partial charge is 0.255 e. The number of benzene rings is 2. The van der Waals surface area contributed by atoms with Gasteiger partial charge in [0.2, 0.25) is 5.91 Å². The minimum atomic E-state index is -0.434. The molecule has 6 heteroatoms. The van der Waals surface area contributed by atoms with Crippen molar-refractivity contribution in [2.45, 2.75) is 69.2 Å². The van der Waals surface area contributed by atoms with Crippen LogP contribution in [-0.4, -0.2) is 52.9 Å². The number of carbonyl (C=O) groups excluding carboxylic acids is 2. The molecule has 3 atom stereocenters. The maximum atomic E-state index is 13.0. The Hall–Kier alpha value is -3.12. The molecule has 1 saturated carbocycles. The molecular formula is C29H33N3O3. The van der Waals surface area contributed by atoms with Gasteiger partial charge in [0.1, 0.15) is 17.9 Å². The first kappa shape index (κ1) is 22.4. The Morgan fingerprint density at radius 1 is 0.971 bits per heavy atom. The second-order valence-corrected chi connectivity index (χ2v) is 10.5. The highest BCUT2D eigenvalue weighted by atomic mass is 16.5. The quantitative estimate of drug-likeness (QED) is 0.709. The number of hydrogen-bond acceptors (Lipinski definition) is 4. The van der Waals surface area contributed by atoms with Gasteiger partial charge in [-0.3, -0.25) is 14.5 Å². The molecule has 1 aliphatic carbocycles. The van der Waals surface area contributed by atoms with Gasteiger partial charge in [0, 0.05) is 42.9 Å². The van der Waals surface area contributed by atoms with Crippen LogP contribution in [0.25, 0.3) is 0 Å². The molecule has 35 heavy (non-hydrogen) atoms. The standard InChI is InChI=1S/C29H33N3O3/c1-19-11-14-26(28(33)30-19)32-18-21-15-23(12-13-24(21)29(32)34)35-27-10-6-5-9-25(27)31-16-22(17-31)20-7-3-2-4-8-20/h2-4,7-8,12-13,15,22,25-27H,1,5-6,9-11,14,16-18H2,(H,30,33)/t25-,26-,27-/m0/s1. The number of piperidine rings is 1.